The molecular weight excluding hydrogens is 264 g/mol. The number of hydrogen-bond acceptors (Lipinski definition) is 5. The van der Waals surface area contributed by atoms with Crippen LogP contribution < -0.4 is 5.32 Å². The Morgan fingerprint density at radius 3 is 2.71 bits per heavy atom. The molecule has 1 saturated heterocycles. The molecule has 4 rings (SSSR count). The third-order valence-corrected chi connectivity index (χ3v) is 3.94. The molecular formula is C16H18N4O. The lowest BCUT2D eigenvalue weighted by atomic mass is 10.1. The zero-order chi connectivity index (χ0) is 14.1. The van der Waals surface area contributed by atoms with Crippen LogP contribution in [0.4, 0.5) is 0 Å². The van der Waals surface area contributed by atoms with Gasteiger partial charge in [0.2, 0.25) is 0 Å². The Balaban J connectivity index is 1.61. The summed E-state index contributed by atoms with van der Waals surface area (Å²) in [4.78, 5) is 4.86. The molecule has 0 aliphatic carbocycles. The number of morpholine rings is 1. The maximum absolute atomic E-state index is 5.43. The van der Waals surface area contributed by atoms with Crippen molar-refractivity contribution in [1.29, 1.82) is 0 Å². The van der Waals surface area contributed by atoms with Gasteiger partial charge in [-0.3, -0.25) is 5.01 Å². The monoisotopic (exact) mass is 282 g/mol. The third-order valence-electron chi connectivity index (χ3n) is 3.94. The molecule has 0 aromatic heterocycles. The quantitative estimate of drug-likeness (QED) is 0.891. The third kappa shape index (κ3) is 2.34. The highest BCUT2D eigenvalue weighted by molar-refractivity contribution is 6.04. The van der Waals surface area contributed by atoms with E-state index >= 15 is 0 Å². The van der Waals surface area contributed by atoms with E-state index in [-0.39, 0.29) is 0 Å². The SMILES string of the molecule is C1=C2NC=C(c3ccccc3)N=C2N(N2CCOCC2)C1. The predicted molar refractivity (Wildman–Crippen MR) is 82.2 cm³/mol. The Labute approximate surface area is 124 Å². The van der Waals surface area contributed by atoms with Crippen molar-refractivity contribution in [3.8, 4) is 0 Å². The summed E-state index contributed by atoms with van der Waals surface area (Å²) in [6, 6.07) is 10.3. The number of fused-ring (bicyclic) bond motifs is 1. The zero-order valence-corrected chi connectivity index (χ0v) is 11.8. The van der Waals surface area contributed by atoms with Gasteiger partial charge in [0.05, 0.1) is 31.2 Å². The second-order valence-electron chi connectivity index (χ2n) is 5.24. The van der Waals surface area contributed by atoms with Crippen LogP contribution in [0.25, 0.3) is 5.70 Å². The molecule has 1 aromatic carbocycles. The van der Waals surface area contributed by atoms with E-state index in [1.165, 1.54) is 0 Å². The van der Waals surface area contributed by atoms with Crippen LogP contribution in [0.2, 0.25) is 0 Å². The van der Waals surface area contributed by atoms with Crippen molar-refractivity contribution in [2.24, 2.45) is 4.99 Å². The molecule has 0 spiro atoms. The van der Waals surface area contributed by atoms with Crippen molar-refractivity contribution >= 4 is 11.5 Å². The second kappa shape index (κ2) is 5.35. The van der Waals surface area contributed by atoms with E-state index in [1.807, 2.05) is 24.4 Å². The molecule has 0 radical (unpaired) electrons. The standard InChI is InChI=1S/C16H18N4O/c1-2-4-13(5-3-1)15-12-17-14-6-7-20(16(14)18-15)19-8-10-21-11-9-19/h1-6,12,17H,7-11H2. The molecule has 0 bridgehead atoms. The molecule has 0 saturated carbocycles. The van der Waals surface area contributed by atoms with Crippen LogP contribution in [-0.4, -0.2) is 48.7 Å². The number of ether oxygens (including phenoxy) is 1. The van der Waals surface area contributed by atoms with Crippen LogP contribution in [0.15, 0.2) is 53.3 Å². The molecule has 1 N–H and O–H groups in total. The number of benzene rings is 1. The van der Waals surface area contributed by atoms with Gasteiger partial charge in [0.25, 0.3) is 0 Å². The number of hydrazine groups is 1. The molecule has 0 atom stereocenters. The van der Waals surface area contributed by atoms with Crippen LogP contribution in [0.1, 0.15) is 5.56 Å². The van der Waals surface area contributed by atoms with Crippen molar-refractivity contribution < 1.29 is 4.74 Å². The summed E-state index contributed by atoms with van der Waals surface area (Å²) in [5, 5.41) is 7.94. The Kier molecular flexibility index (Phi) is 3.21. The Bertz CT molecular complexity index is 614. The molecule has 5 heteroatoms. The van der Waals surface area contributed by atoms with Gasteiger partial charge >= 0.3 is 0 Å². The molecule has 108 valence electrons. The van der Waals surface area contributed by atoms with Crippen LogP contribution in [0.3, 0.4) is 0 Å². The first kappa shape index (κ1) is 12.6. The summed E-state index contributed by atoms with van der Waals surface area (Å²) < 4.78 is 5.43. The summed E-state index contributed by atoms with van der Waals surface area (Å²) in [5.41, 5.74) is 3.20. The van der Waals surface area contributed by atoms with E-state index in [2.05, 4.69) is 33.5 Å². The lowest BCUT2D eigenvalue weighted by Crippen LogP contribution is -2.50. The van der Waals surface area contributed by atoms with Gasteiger partial charge in [0, 0.05) is 24.9 Å². The molecule has 0 unspecified atom stereocenters. The minimum absolute atomic E-state index is 0.786. The molecule has 3 aliphatic rings. The van der Waals surface area contributed by atoms with Crippen molar-refractivity contribution in [3.63, 3.8) is 0 Å². The average Bonchev–Trinajstić information content (AvgIpc) is 2.99. The van der Waals surface area contributed by atoms with Gasteiger partial charge in [0.15, 0.2) is 5.84 Å². The van der Waals surface area contributed by atoms with E-state index in [4.69, 9.17) is 9.73 Å². The highest BCUT2D eigenvalue weighted by Gasteiger charge is 2.29. The molecule has 21 heavy (non-hydrogen) atoms. The number of amidine groups is 1. The van der Waals surface area contributed by atoms with E-state index in [1.54, 1.807) is 0 Å². The van der Waals surface area contributed by atoms with Gasteiger partial charge in [-0.25, -0.2) is 10.0 Å². The molecule has 1 fully saturated rings. The van der Waals surface area contributed by atoms with E-state index in [0.29, 0.717) is 0 Å². The Hall–Kier alpha value is -2.11. The molecule has 0 amide bonds. The van der Waals surface area contributed by atoms with Gasteiger partial charge in [-0.2, -0.15) is 0 Å². The number of nitrogens with zero attached hydrogens (tertiary/aromatic N) is 3. The maximum atomic E-state index is 5.43. The summed E-state index contributed by atoms with van der Waals surface area (Å²) in [5.74, 6) is 1.01. The fraction of sp³-hybridized carbons (Fsp3) is 0.312. The first-order valence-electron chi connectivity index (χ1n) is 7.33. The van der Waals surface area contributed by atoms with Gasteiger partial charge in [0.1, 0.15) is 0 Å². The Morgan fingerprint density at radius 1 is 1.10 bits per heavy atom. The molecule has 5 nitrogen and oxygen atoms in total. The summed E-state index contributed by atoms with van der Waals surface area (Å²) in [6.45, 7) is 4.29. The number of aliphatic imine (C=N–C) groups is 1. The highest BCUT2D eigenvalue weighted by Crippen LogP contribution is 2.24. The maximum Gasteiger partial charge on any atom is 0.167 e. The van der Waals surface area contributed by atoms with Gasteiger partial charge in [-0.1, -0.05) is 30.3 Å². The van der Waals surface area contributed by atoms with Crippen molar-refractivity contribution in [2.75, 3.05) is 32.8 Å². The van der Waals surface area contributed by atoms with Crippen molar-refractivity contribution in [1.82, 2.24) is 15.3 Å². The van der Waals surface area contributed by atoms with Gasteiger partial charge in [-0.05, 0) is 6.08 Å². The average molecular weight is 282 g/mol. The summed E-state index contributed by atoms with van der Waals surface area (Å²) >= 11 is 0. The smallest absolute Gasteiger partial charge is 0.167 e. The van der Waals surface area contributed by atoms with Gasteiger partial charge < -0.3 is 10.1 Å². The number of rotatable bonds is 2. The summed E-state index contributed by atoms with van der Waals surface area (Å²) in [6.07, 6.45) is 4.17. The number of hydrogen-bond donors (Lipinski definition) is 1. The van der Waals surface area contributed by atoms with Crippen molar-refractivity contribution in [3.05, 3.63) is 53.9 Å². The van der Waals surface area contributed by atoms with Crippen LogP contribution in [0, 0.1) is 0 Å². The normalized spacial score (nSPS) is 22.1. The second-order valence-corrected chi connectivity index (χ2v) is 5.24. The predicted octanol–water partition coefficient (Wildman–Crippen LogP) is 1.43. The first-order chi connectivity index (χ1) is 10.4. The topological polar surface area (TPSA) is 40.1 Å². The van der Waals surface area contributed by atoms with E-state index in [0.717, 1.165) is 55.6 Å². The highest BCUT2D eigenvalue weighted by atomic mass is 16.5. The minimum atomic E-state index is 0.786. The van der Waals surface area contributed by atoms with E-state index < -0.39 is 0 Å². The molecule has 3 heterocycles. The summed E-state index contributed by atoms with van der Waals surface area (Å²) in [7, 11) is 0. The molecule has 3 aliphatic heterocycles. The zero-order valence-electron chi connectivity index (χ0n) is 11.8. The minimum Gasteiger partial charge on any atom is -0.379 e. The van der Waals surface area contributed by atoms with Gasteiger partial charge in [-0.15, -0.1) is 0 Å². The Morgan fingerprint density at radius 2 is 1.90 bits per heavy atom. The molecule has 1 aromatic rings. The van der Waals surface area contributed by atoms with Crippen LogP contribution >= 0.6 is 0 Å². The fourth-order valence-electron chi connectivity index (χ4n) is 2.83. The number of nitrogens with one attached hydrogen (secondary N) is 1. The van der Waals surface area contributed by atoms with Crippen LogP contribution in [0.5, 0.6) is 0 Å². The lowest BCUT2D eigenvalue weighted by Gasteiger charge is -2.36. The van der Waals surface area contributed by atoms with Crippen molar-refractivity contribution in [2.45, 2.75) is 0 Å². The fourth-order valence-corrected chi connectivity index (χ4v) is 2.83. The van der Waals surface area contributed by atoms with E-state index in [9.17, 15) is 0 Å². The largest absolute Gasteiger partial charge is 0.379 e. The first-order valence-corrected chi connectivity index (χ1v) is 7.33. The van der Waals surface area contributed by atoms with Crippen LogP contribution in [-0.2, 0) is 4.74 Å². The lowest BCUT2D eigenvalue weighted by molar-refractivity contribution is -0.0432.